The minimum absolute atomic E-state index is 0.180. The number of halogens is 2. The van der Waals surface area contributed by atoms with Gasteiger partial charge in [0.1, 0.15) is 11.8 Å². The molecule has 1 saturated carbocycles. The third-order valence-corrected chi connectivity index (χ3v) is 6.98. The smallest absolute Gasteiger partial charge is 0.261 e. The van der Waals surface area contributed by atoms with Crippen molar-refractivity contribution in [2.45, 2.75) is 93.0 Å². The molecule has 0 saturated heterocycles. The number of thioether (sulfide) groups is 1. The van der Waals surface area contributed by atoms with Crippen molar-refractivity contribution < 1.29 is 18.3 Å². The fourth-order valence-electron chi connectivity index (χ4n) is 4.14. The van der Waals surface area contributed by atoms with Crippen molar-refractivity contribution >= 4 is 34.1 Å². The minimum atomic E-state index is -2.67. The van der Waals surface area contributed by atoms with Gasteiger partial charge in [0, 0.05) is 36.5 Å². The van der Waals surface area contributed by atoms with E-state index in [4.69, 9.17) is 4.74 Å². The molecular weight excluding hydrogens is 594 g/mol. The first-order chi connectivity index (χ1) is 21.7. The van der Waals surface area contributed by atoms with E-state index in [1.54, 1.807) is 13.1 Å². The number of alkyl halides is 2. The van der Waals surface area contributed by atoms with Crippen LogP contribution in [0.4, 0.5) is 8.78 Å². The Kier molecular flexibility index (Phi) is 17.8. The van der Waals surface area contributed by atoms with E-state index >= 15 is 0 Å². The number of amidine groups is 1. The zero-order valence-corrected chi connectivity index (χ0v) is 29.3. The quantitative estimate of drug-likeness (QED) is 0.212. The van der Waals surface area contributed by atoms with Crippen molar-refractivity contribution in [3.05, 3.63) is 58.8 Å². The summed E-state index contributed by atoms with van der Waals surface area (Å²) in [5.41, 5.74) is 5.88. The van der Waals surface area contributed by atoms with E-state index in [0.717, 1.165) is 18.4 Å². The second-order valence-corrected chi connectivity index (χ2v) is 10.8. The molecule has 2 atom stereocenters. The molecule has 4 rings (SSSR count). The number of dihydropyridines is 1. The van der Waals surface area contributed by atoms with Crippen LogP contribution in [0, 0.1) is 23.7 Å². The van der Waals surface area contributed by atoms with Crippen LogP contribution >= 0.6 is 11.8 Å². The monoisotopic (exact) mass is 644 g/mol. The molecule has 0 bridgehead atoms. The molecule has 1 aliphatic carbocycles. The fourth-order valence-corrected chi connectivity index (χ4v) is 4.86. The normalized spacial score (nSPS) is 18.9. The second-order valence-electron chi connectivity index (χ2n) is 9.66. The maximum Gasteiger partial charge on any atom is 0.261 e. The zero-order valence-electron chi connectivity index (χ0n) is 28.5. The van der Waals surface area contributed by atoms with Gasteiger partial charge in [0.2, 0.25) is 0 Å². The number of amides is 1. The largest absolute Gasteiger partial charge is 0.495 e. The van der Waals surface area contributed by atoms with Crippen LogP contribution in [0.5, 0.6) is 0 Å². The summed E-state index contributed by atoms with van der Waals surface area (Å²) in [7, 11) is 3.11. The van der Waals surface area contributed by atoms with Gasteiger partial charge in [-0.3, -0.25) is 25.5 Å². The molecule has 1 amide bonds. The number of pyridine rings is 1. The van der Waals surface area contributed by atoms with Crippen LogP contribution < -0.4 is 16.1 Å². The summed E-state index contributed by atoms with van der Waals surface area (Å²) in [4.78, 5) is 22.4. The Hall–Kier alpha value is -3.65. The van der Waals surface area contributed by atoms with Gasteiger partial charge in [-0.15, -0.1) is 0 Å². The molecule has 2 unspecified atom stereocenters. The highest BCUT2D eigenvalue weighted by Crippen LogP contribution is 2.32. The molecule has 45 heavy (non-hydrogen) atoms. The van der Waals surface area contributed by atoms with Gasteiger partial charge >= 0.3 is 0 Å². The number of carbonyl (C=O) groups excluding carboxylic acids is 1. The number of hydrogen-bond donors (Lipinski definition) is 3. The van der Waals surface area contributed by atoms with Crippen molar-refractivity contribution in [1.29, 1.82) is 0 Å². The summed E-state index contributed by atoms with van der Waals surface area (Å²) in [6.45, 7) is 18.1. The van der Waals surface area contributed by atoms with Crippen LogP contribution in [0.15, 0.2) is 52.0 Å². The molecular formula is C34H50F2N6O2S. The average Bonchev–Trinajstić information content (AvgIpc) is 3.79. The lowest BCUT2D eigenvalue weighted by atomic mass is 9.93. The van der Waals surface area contributed by atoms with Crippen molar-refractivity contribution in [3.63, 3.8) is 0 Å². The Morgan fingerprint density at radius 1 is 1.18 bits per heavy atom. The topological polar surface area (TPSA) is 100 Å². The Labute approximate surface area is 272 Å². The molecule has 8 nitrogen and oxygen atoms in total. The number of hydrazone groups is 1. The van der Waals surface area contributed by atoms with E-state index in [9.17, 15) is 13.6 Å². The van der Waals surface area contributed by atoms with Gasteiger partial charge in [0.25, 0.3) is 12.3 Å². The summed E-state index contributed by atoms with van der Waals surface area (Å²) < 4.78 is 32.8. The van der Waals surface area contributed by atoms with Crippen LogP contribution in [-0.2, 0) is 4.74 Å². The SMILES string of the molecule is CC.CC.CC.CN=C(/C(C)=C\C(C)C)c1cc(C2=CC(C(F)F)NC=C2OC)c(C(=O)NC2=NNC(C#CC3CC3)S2)cn1. The van der Waals surface area contributed by atoms with Gasteiger partial charge in [-0.1, -0.05) is 73.3 Å². The van der Waals surface area contributed by atoms with Crippen LogP contribution in [-0.4, -0.2) is 53.8 Å². The average molecular weight is 645 g/mol. The highest BCUT2D eigenvalue weighted by molar-refractivity contribution is 8.14. The number of hydrogen-bond acceptors (Lipinski definition) is 8. The highest BCUT2D eigenvalue weighted by atomic mass is 32.2. The summed E-state index contributed by atoms with van der Waals surface area (Å²) in [5.74, 6) is 6.87. The first-order valence-electron chi connectivity index (χ1n) is 15.7. The molecule has 248 valence electrons. The number of rotatable bonds is 7. The summed E-state index contributed by atoms with van der Waals surface area (Å²) >= 11 is 1.30. The van der Waals surface area contributed by atoms with Crippen molar-refractivity contribution in [2.75, 3.05) is 14.2 Å². The third kappa shape index (κ3) is 11.7. The van der Waals surface area contributed by atoms with Crippen molar-refractivity contribution in [3.8, 4) is 11.8 Å². The van der Waals surface area contributed by atoms with Gasteiger partial charge in [-0.25, -0.2) is 8.78 Å². The van der Waals surface area contributed by atoms with Gasteiger partial charge in [0.05, 0.1) is 24.1 Å². The van der Waals surface area contributed by atoms with Crippen LogP contribution in [0.25, 0.3) is 5.57 Å². The number of allylic oxidation sites excluding steroid dienone is 3. The van der Waals surface area contributed by atoms with Crippen LogP contribution in [0.3, 0.4) is 0 Å². The molecule has 3 N–H and O–H groups in total. The number of nitrogens with zero attached hydrogens (tertiary/aromatic N) is 3. The van der Waals surface area contributed by atoms with Gasteiger partial charge in [-0.2, -0.15) is 5.10 Å². The van der Waals surface area contributed by atoms with Crippen LogP contribution in [0.2, 0.25) is 0 Å². The Morgan fingerprint density at radius 3 is 2.40 bits per heavy atom. The van der Waals surface area contributed by atoms with Gasteiger partial charge in [-0.05, 0) is 55.2 Å². The Morgan fingerprint density at radius 2 is 1.84 bits per heavy atom. The minimum Gasteiger partial charge on any atom is -0.495 e. The maximum atomic E-state index is 13.7. The first kappa shape index (κ1) is 39.4. The highest BCUT2D eigenvalue weighted by Gasteiger charge is 2.29. The number of aromatic nitrogens is 1. The van der Waals surface area contributed by atoms with Crippen molar-refractivity contribution in [2.24, 2.45) is 21.9 Å². The molecule has 3 aliphatic rings. The molecule has 3 heterocycles. The fraction of sp³-hybridized carbons (Fsp3) is 0.529. The van der Waals surface area contributed by atoms with E-state index in [1.807, 2.05) is 48.5 Å². The lowest BCUT2D eigenvalue weighted by molar-refractivity contribution is 0.0977. The van der Waals surface area contributed by atoms with Gasteiger partial charge in [0.15, 0.2) is 10.5 Å². The molecule has 0 aromatic carbocycles. The Bertz CT molecular complexity index is 1340. The van der Waals surface area contributed by atoms with E-state index < -0.39 is 18.4 Å². The van der Waals surface area contributed by atoms with Crippen molar-refractivity contribution in [1.82, 2.24) is 21.0 Å². The predicted octanol–water partition coefficient (Wildman–Crippen LogP) is 7.37. The maximum absolute atomic E-state index is 13.7. The molecule has 11 heteroatoms. The Balaban J connectivity index is 0.00000159. The molecule has 0 spiro atoms. The second kappa shape index (κ2) is 20.4. The number of aliphatic imine (C=N–C) groups is 1. The number of methoxy groups -OCH3 is 1. The summed E-state index contributed by atoms with van der Waals surface area (Å²) in [6.07, 6.45) is 5.82. The molecule has 1 fully saturated rings. The molecule has 1 aromatic heterocycles. The van der Waals surface area contributed by atoms with E-state index in [2.05, 4.69) is 62.9 Å². The van der Waals surface area contributed by atoms with Crippen LogP contribution in [0.1, 0.15) is 96.8 Å². The first-order valence-corrected chi connectivity index (χ1v) is 16.6. The summed E-state index contributed by atoms with van der Waals surface area (Å²) in [6, 6.07) is 0.436. The van der Waals surface area contributed by atoms with E-state index in [1.165, 1.54) is 37.3 Å². The lowest BCUT2D eigenvalue weighted by Gasteiger charge is -2.24. The number of carbonyl (C=O) groups is 1. The standard InChI is InChI=1S/C28H32F2N6O2S.3C2H6/c1-15(2)10-16(3)25(31-4)21-11-18(19-12-22(26(29)30)33-14-23(19)38-5)20(13-32-21)27(37)34-28-36-35-24(39-28)9-8-17-6-7-17;3*1-2/h10-15,17,22,24,26,33,35H,6-7H2,1-5H3,(H,34,36,37);3*1-2H3/b16-10-,31-25?;;;. The molecule has 0 radical (unpaired) electrons. The number of ether oxygens (including phenoxy) is 1. The van der Waals surface area contributed by atoms with E-state index in [-0.39, 0.29) is 16.9 Å². The van der Waals surface area contributed by atoms with E-state index in [0.29, 0.717) is 39.4 Å². The molecule has 2 aliphatic heterocycles. The number of nitrogens with one attached hydrogen (secondary N) is 3. The van der Waals surface area contributed by atoms with Gasteiger partial charge < -0.3 is 10.1 Å². The summed E-state index contributed by atoms with van der Waals surface area (Å²) in [5, 5.41) is 9.74. The third-order valence-electron chi connectivity index (χ3n) is 6.10. The zero-order chi connectivity index (χ0) is 34.1. The lowest BCUT2D eigenvalue weighted by Crippen LogP contribution is -2.34. The molecule has 1 aromatic rings. The predicted molar refractivity (Wildman–Crippen MR) is 185 cm³/mol.